The number of carboxylic acids is 1. The second-order valence-electron chi connectivity index (χ2n) is 8.83. The average Bonchev–Trinajstić information content (AvgIpc) is 3.48. The third-order valence-corrected chi connectivity index (χ3v) is 6.19. The maximum atomic E-state index is 12.7. The van der Waals surface area contributed by atoms with Crippen molar-refractivity contribution in [2.45, 2.75) is 75.7 Å². The summed E-state index contributed by atoms with van der Waals surface area (Å²) in [5.74, 6) is -4.23. The summed E-state index contributed by atoms with van der Waals surface area (Å²) in [5, 5.41) is 23.5. The highest BCUT2D eigenvalue weighted by Gasteiger charge is 2.39. The Kier molecular flexibility index (Phi) is 9.95. The number of hydrogen-bond donors (Lipinski definition) is 6. The molecule has 2 saturated heterocycles. The summed E-state index contributed by atoms with van der Waals surface area (Å²) < 4.78 is 0. The van der Waals surface area contributed by atoms with Crippen LogP contribution in [0.25, 0.3) is 0 Å². The van der Waals surface area contributed by atoms with Gasteiger partial charge in [0.1, 0.15) is 12.1 Å². The van der Waals surface area contributed by atoms with Crippen LogP contribution in [0.3, 0.4) is 0 Å². The van der Waals surface area contributed by atoms with Gasteiger partial charge < -0.3 is 42.1 Å². The molecule has 5 amide bonds. The first kappa shape index (κ1) is 28.0. The fourth-order valence-electron chi connectivity index (χ4n) is 4.30. The smallest absolute Gasteiger partial charge is 0.328 e. The monoisotopic (exact) mass is 498 g/mol. The van der Waals surface area contributed by atoms with Crippen molar-refractivity contribution in [1.29, 1.82) is 0 Å². The Balaban J connectivity index is 1.92. The summed E-state index contributed by atoms with van der Waals surface area (Å²) in [6.07, 6.45) is 0.461. The lowest BCUT2D eigenvalue weighted by atomic mass is 10.1. The highest BCUT2D eigenvalue weighted by Crippen LogP contribution is 2.20. The SMILES string of the molecule is C[C@@H](O)[C@H](NC(=O)[C@@H]1CCCN1C(=O)CNC(=O)[C@@H]1CCCN1C(=O)[C@@H](N)CCC(N)=O)C(=O)O. The molecule has 196 valence electrons. The molecule has 14 nitrogen and oxygen atoms in total. The van der Waals surface area contributed by atoms with Crippen LogP contribution >= 0.6 is 0 Å². The quantitative estimate of drug-likeness (QED) is 0.167. The minimum absolute atomic E-state index is 0.0544. The number of aliphatic hydroxyl groups is 1. The molecule has 0 aliphatic carbocycles. The molecular formula is C21H34N6O8. The fourth-order valence-corrected chi connectivity index (χ4v) is 4.30. The number of nitrogens with one attached hydrogen (secondary N) is 2. The summed E-state index contributed by atoms with van der Waals surface area (Å²) in [5.41, 5.74) is 10.9. The first-order valence-corrected chi connectivity index (χ1v) is 11.6. The van der Waals surface area contributed by atoms with Crippen LogP contribution in [-0.2, 0) is 28.8 Å². The summed E-state index contributed by atoms with van der Waals surface area (Å²) >= 11 is 0. The molecule has 8 N–H and O–H groups in total. The van der Waals surface area contributed by atoms with E-state index in [4.69, 9.17) is 16.6 Å². The highest BCUT2D eigenvalue weighted by molar-refractivity contribution is 5.94. The Bertz CT molecular complexity index is 850. The lowest BCUT2D eigenvalue weighted by molar-refractivity contribution is -0.146. The Morgan fingerprint density at radius 2 is 1.57 bits per heavy atom. The molecule has 5 atom stereocenters. The van der Waals surface area contributed by atoms with E-state index in [1.165, 1.54) is 16.7 Å². The van der Waals surface area contributed by atoms with E-state index in [2.05, 4.69) is 10.6 Å². The summed E-state index contributed by atoms with van der Waals surface area (Å²) in [4.78, 5) is 75.4. The molecule has 0 aromatic rings. The first-order valence-electron chi connectivity index (χ1n) is 11.6. The van der Waals surface area contributed by atoms with Crippen LogP contribution < -0.4 is 22.1 Å². The first-order chi connectivity index (χ1) is 16.4. The molecule has 2 heterocycles. The Morgan fingerprint density at radius 1 is 1.00 bits per heavy atom. The van der Waals surface area contributed by atoms with E-state index in [1.54, 1.807) is 0 Å². The van der Waals surface area contributed by atoms with Gasteiger partial charge in [-0.05, 0) is 39.0 Å². The van der Waals surface area contributed by atoms with Gasteiger partial charge in [0, 0.05) is 19.5 Å². The topological polar surface area (TPSA) is 225 Å². The number of carbonyl (C=O) groups excluding carboxylic acids is 5. The number of primary amides is 1. The van der Waals surface area contributed by atoms with Crippen LogP contribution in [0.4, 0.5) is 0 Å². The van der Waals surface area contributed by atoms with Crippen molar-refractivity contribution in [2.24, 2.45) is 11.5 Å². The molecule has 2 fully saturated rings. The van der Waals surface area contributed by atoms with Crippen LogP contribution in [0.15, 0.2) is 0 Å². The van der Waals surface area contributed by atoms with Crippen LogP contribution in [0, 0.1) is 0 Å². The molecule has 0 unspecified atom stereocenters. The summed E-state index contributed by atoms with van der Waals surface area (Å²) in [6, 6.07) is -4.22. The molecule has 0 saturated carbocycles. The van der Waals surface area contributed by atoms with Crippen molar-refractivity contribution < 1.29 is 39.0 Å². The van der Waals surface area contributed by atoms with Crippen LogP contribution in [0.5, 0.6) is 0 Å². The van der Waals surface area contributed by atoms with Crippen molar-refractivity contribution in [3.63, 3.8) is 0 Å². The van der Waals surface area contributed by atoms with E-state index in [-0.39, 0.29) is 19.4 Å². The van der Waals surface area contributed by atoms with Crippen molar-refractivity contribution in [2.75, 3.05) is 19.6 Å². The fraction of sp³-hybridized carbons (Fsp3) is 0.714. The maximum absolute atomic E-state index is 12.7. The normalized spacial score (nSPS) is 22.3. The lowest BCUT2D eigenvalue weighted by Crippen LogP contribution is -2.56. The van der Waals surface area contributed by atoms with Crippen molar-refractivity contribution in [3.8, 4) is 0 Å². The van der Waals surface area contributed by atoms with Crippen molar-refractivity contribution in [1.82, 2.24) is 20.4 Å². The van der Waals surface area contributed by atoms with Gasteiger partial charge in [0.15, 0.2) is 6.04 Å². The minimum atomic E-state index is -1.51. The number of nitrogens with zero attached hydrogens (tertiary/aromatic N) is 2. The van der Waals surface area contributed by atoms with Gasteiger partial charge in [0.2, 0.25) is 29.5 Å². The van der Waals surface area contributed by atoms with Crippen molar-refractivity contribution in [3.05, 3.63) is 0 Å². The Hall–Kier alpha value is -3.26. The Labute approximate surface area is 202 Å². The largest absolute Gasteiger partial charge is 0.480 e. The molecule has 0 radical (unpaired) electrons. The number of carboxylic acid groups (broad SMARTS) is 1. The van der Waals surface area contributed by atoms with E-state index in [0.717, 1.165) is 0 Å². The predicted octanol–water partition coefficient (Wildman–Crippen LogP) is -3.37. The van der Waals surface area contributed by atoms with E-state index in [0.29, 0.717) is 32.2 Å². The van der Waals surface area contributed by atoms with Gasteiger partial charge in [-0.2, -0.15) is 0 Å². The molecule has 14 heteroatoms. The molecular weight excluding hydrogens is 464 g/mol. The number of aliphatic carboxylic acids is 1. The number of amides is 5. The predicted molar refractivity (Wildman–Crippen MR) is 120 cm³/mol. The van der Waals surface area contributed by atoms with E-state index >= 15 is 0 Å². The number of aliphatic hydroxyl groups excluding tert-OH is 1. The second-order valence-corrected chi connectivity index (χ2v) is 8.83. The third kappa shape index (κ3) is 7.36. The molecule has 2 aliphatic heterocycles. The molecule has 0 spiro atoms. The molecule has 0 bridgehead atoms. The molecule has 35 heavy (non-hydrogen) atoms. The van der Waals surface area contributed by atoms with Crippen LogP contribution in [0.2, 0.25) is 0 Å². The zero-order valence-electron chi connectivity index (χ0n) is 19.6. The zero-order valence-corrected chi connectivity index (χ0v) is 19.6. The molecule has 0 aromatic carbocycles. The van der Waals surface area contributed by atoms with E-state index < -0.39 is 72.3 Å². The zero-order chi connectivity index (χ0) is 26.3. The number of hydrogen-bond acceptors (Lipinski definition) is 8. The number of rotatable bonds is 11. The third-order valence-electron chi connectivity index (χ3n) is 6.19. The summed E-state index contributed by atoms with van der Waals surface area (Å²) in [6.45, 7) is 1.39. The minimum Gasteiger partial charge on any atom is -0.480 e. The van der Waals surface area contributed by atoms with Crippen LogP contribution in [0.1, 0.15) is 45.4 Å². The Morgan fingerprint density at radius 3 is 2.11 bits per heavy atom. The molecule has 2 aliphatic rings. The maximum Gasteiger partial charge on any atom is 0.328 e. The van der Waals surface area contributed by atoms with Crippen LogP contribution in [-0.4, -0.2) is 105 Å². The van der Waals surface area contributed by atoms with E-state index in [1.807, 2.05) is 0 Å². The number of carbonyl (C=O) groups is 6. The van der Waals surface area contributed by atoms with Gasteiger partial charge in [0.25, 0.3) is 0 Å². The van der Waals surface area contributed by atoms with Gasteiger partial charge in [-0.3, -0.25) is 24.0 Å². The van der Waals surface area contributed by atoms with Gasteiger partial charge in [-0.25, -0.2) is 4.79 Å². The second kappa shape index (κ2) is 12.4. The molecule has 2 rings (SSSR count). The average molecular weight is 499 g/mol. The number of nitrogens with two attached hydrogens (primary N) is 2. The number of likely N-dealkylation sites (tertiary alicyclic amines) is 2. The molecule has 0 aromatic heterocycles. The highest BCUT2D eigenvalue weighted by atomic mass is 16.4. The van der Waals surface area contributed by atoms with Gasteiger partial charge in [-0.15, -0.1) is 0 Å². The van der Waals surface area contributed by atoms with E-state index in [9.17, 15) is 33.9 Å². The van der Waals surface area contributed by atoms with Crippen molar-refractivity contribution >= 4 is 35.5 Å². The van der Waals surface area contributed by atoms with Gasteiger partial charge in [-0.1, -0.05) is 0 Å². The standard InChI is InChI=1S/C21H34N6O8/c1-11(28)17(21(34)35)25-19(32)14-5-2-8-26(14)16(30)10-24-18(31)13-4-3-9-27(13)20(33)12(22)6-7-15(23)29/h11-14,17,28H,2-10,22H2,1H3,(H2,23,29)(H,24,31)(H,25,32)(H,34,35)/t11-,12+,13+,14+,17+/m1/s1. The van der Waals surface area contributed by atoms with Gasteiger partial charge >= 0.3 is 5.97 Å². The summed E-state index contributed by atoms with van der Waals surface area (Å²) in [7, 11) is 0. The van der Waals surface area contributed by atoms with Gasteiger partial charge in [0.05, 0.1) is 18.7 Å². The lowest BCUT2D eigenvalue weighted by Gasteiger charge is -2.28.